The van der Waals surface area contributed by atoms with Gasteiger partial charge in [-0.2, -0.15) is 0 Å². The number of hydrogen-bond acceptors (Lipinski definition) is 5. The highest BCUT2D eigenvalue weighted by Crippen LogP contribution is 2.22. The Hall–Kier alpha value is -1.21. The largest absolute Gasteiger partial charge is 0.409 e. The van der Waals surface area contributed by atoms with Gasteiger partial charge in [0, 0.05) is 22.5 Å². The van der Waals surface area contributed by atoms with Crippen molar-refractivity contribution >= 4 is 27.4 Å². The summed E-state index contributed by atoms with van der Waals surface area (Å²) in [5.41, 5.74) is 6.13. The van der Waals surface area contributed by atoms with Crippen LogP contribution in [0, 0.1) is 0 Å². The predicted octanol–water partition coefficient (Wildman–Crippen LogP) is 0.918. The summed E-state index contributed by atoms with van der Waals surface area (Å²) >= 11 is 1.37. The van der Waals surface area contributed by atoms with Gasteiger partial charge in [0.2, 0.25) is 0 Å². The Labute approximate surface area is 105 Å². The lowest BCUT2D eigenvalue weighted by Gasteiger charge is -2.06. The number of nitrogens with two attached hydrogens (primary N) is 1. The van der Waals surface area contributed by atoms with E-state index in [1.807, 2.05) is 6.07 Å². The maximum absolute atomic E-state index is 11.0. The minimum absolute atomic E-state index is 0.0208. The molecule has 0 heterocycles. The number of benzene rings is 1. The number of nitrogens with zero attached hydrogens (tertiary/aromatic N) is 1. The molecule has 0 unspecified atom stereocenters. The molecule has 0 aliphatic carbocycles. The zero-order valence-electron chi connectivity index (χ0n) is 9.33. The molecule has 0 aromatic heterocycles. The normalized spacial score (nSPS) is 12.6. The van der Waals surface area contributed by atoms with Crippen LogP contribution in [0.15, 0.2) is 34.3 Å². The number of amidine groups is 1. The van der Waals surface area contributed by atoms with E-state index in [4.69, 9.17) is 10.9 Å². The van der Waals surface area contributed by atoms with Crippen LogP contribution in [0.3, 0.4) is 0 Å². The van der Waals surface area contributed by atoms with Crippen LogP contribution in [0.25, 0.3) is 0 Å². The van der Waals surface area contributed by atoms with E-state index < -0.39 is 9.84 Å². The zero-order chi connectivity index (χ0) is 12.9. The first-order chi connectivity index (χ1) is 7.94. The summed E-state index contributed by atoms with van der Waals surface area (Å²) in [5.74, 6) is 0.559. The van der Waals surface area contributed by atoms with Crippen molar-refractivity contribution in [1.82, 2.24) is 0 Å². The second-order valence-electron chi connectivity index (χ2n) is 3.46. The SMILES string of the molecule is CS(=O)(=O)CCSc1ccccc1C(N)=NO. The van der Waals surface area contributed by atoms with Crippen molar-refractivity contribution in [2.75, 3.05) is 17.8 Å². The molecule has 0 saturated heterocycles. The fourth-order valence-corrected chi connectivity index (χ4v) is 3.43. The summed E-state index contributed by atoms with van der Waals surface area (Å²) in [6.07, 6.45) is 1.20. The Balaban J connectivity index is 2.78. The minimum atomic E-state index is -2.96. The monoisotopic (exact) mass is 274 g/mol. The van der Waals surface area contributed by atoms with Gasteiger partial charge in [0.25, 0.3) is 0 Å². The summed E-state index contributed by atoms with van der Waals surface area (Å²) < 4.78 is 22.0. The van der Waals surface area contributed by atoms with Gasteiger partial charge < -0.3 is 10.9 Å². The van der Waals surface area contributed by atoms with E-state index >= 15 is 0 Å². The molecule has 1 rings (SSSR count). The van der Waals surface area contributed by atoms with Crippen LogP contribution in [0.2, 0.25) is 0 Å². The summed E-state index contributed by atoms with van der Waals surface area (Å²) in [5, 5.41) is 11.6. The Morgan fingerprint density at radius 1 is 1.47 bits per heavy atom. The fourth-order valence-electron chi connectivity index (χ4n) is 1.16. The molecular weight excluding hydrogens is 260 g/mol. The molecule has 3 N–H and O–H groups in total. The van der Waals surface area contributed by atoms with E-state index in [1.54, 1.807) is 18.2 Å². The van der Waals surface area contributed by atoms with E-state index in [0.717, 1.165) is 4.90 Å². The van der Waals surface area contributed by atoms with Crippen molar-refractivity contribution in [2.45, 2.75) is 4.90 Å². The first kappa shape index (κ1) is 13.9. The Kier molecular flexibility index (Phi) is 4.83. The molecule has 0 spiro atoms. The quantitative estimate of drug-likeness (QED) is 0.274. The van der Waals surface area contributed by atoms with E-state index in [-0.39, 0.29) is 11.6 Å². The van der Waals surface area contributed by atoms with Crippen molar-refractivity contribution in [3.05, 3.63) is 29.8 Å². The van der Waals surface area contributed by atoms with E-state index in [0.29, 0.717) is 11.3 Å². The molecule has 1 aromatic carbocycles. The standard InChI is InChI=1S/C10H14N2O3S2/c1-17(14,15)7-6-16-9-5-3-2-4-8(9)10(11)12-13/h2-5,13H,6-7H2,1H3,(H2,11,12). The van der Waals surface area contributed by atoms with Crippen LogP contribution in [0.4, 0.5) is 0 Å². The molecule has 0 bridgehead atoms. The second-order valence-corrected chi connectivity index (χ2v) is 6.86. The van der Waals surface area contributed by atoms with Crippen LogP contribution in [-0.4, -0.2) is 37.2 Å². The van der Waals surface area contributed by atoms with Crippen LogP contribution in [-0.2, 0) is 9.84 Å². The van der Waals surface area contributed by atoms with Crippen molar-refractivity contribution in [3.8, 4) is 0 Å². The zero-order valence-corrected chi connectivity index (χ0v) is 11.0. The van der Waals surface area contributed by atoms with Crippen LogP contribution in [0.5, 0.6) is 0 Å². The molecule has 0 amide bonds. The highest BCUT2D eigenvalue weighted by molar-refractivity contribution is 8.00. The van der Waals surface area contributed by atoms with E-state index in [9.17, 15) is 8.42 Å². The maximum Gasteiger partial charge on any atom is 0.171 e. The van der Waals surface area contributed by atoms with Gasteiger partial charge in [-0.05, 0) is 6.07 Å². The molecule has 0 saturated carbocycles. The summed E-state index contributed by atoms with van der Waals surface area (Å²) in [6.45, 7) is 0. The molecule has 0 atom stereocenters. The second kappa shape index (κ2) is 5.92. The summed E-state index contributed by atoms with van der Waals surface area (Å²) in [4.78, 5) is 0.798. The number of oxime groups is 1. The highest BCUT2D eigenvalue weighted by Gasteiger charge is 2.08. The molecule has 0 aliphatic rings. The van der Waals surface area contributed by atoms with Gasteiger partial charge in [-0.3, -0.25) is 0 Å². The van der Waals surface area contributed by atoms with Crippen LogP contribution >= 0.6 is 11.8 Å². The number of rotatable bonds is 5. The van der Waals surface area contributed by atoms with E-state index in [1.165, 1.54) is 18.0 Å². The van der Waals surface area contributed by atoms with Crippen molar-refractivity contribution < 1.29 is 13.6 Å². The van der Waals surface area contributed by atoms with Gasteiger partial charge in [-0.25, -0.2) is 8.42 Å². The molecular formula is C10H14N2O3S2. The molecule has 1 aromatic rings. The Bertz CT molecular complexity index is 512. The minimum Gasteiger partial charge on any atom is -0.409 e. The smallest absolute Gasteiger partial charge is 0.171 e. The lowest BCUT2D eigenvalue weighted by Crippen LogP contribution is -2.14. The van der Waals surface area contributed by atoms with Crippen molar-refractivity contribution in [1.29, 1.82) is 0 Å². The highest BCUT2D eigenvalue weighted by atomic mass is 32.2. The third-order valence-electron chi connectivity index (χ3n) is 1.98. The molecule has 94 valence electrons. The molecule has 17 heavy (non-hydrogen) atoms. The van der Waals surface area contributed by atoms with Crippen molar-refractivity contribution in [2.24, 2.45) is 10.9 Å². The van der Waals surface area contributed by atoms with Gasteiger partial charge in [0.15, 0.2) is 5.84 Å². The summed E-state index contributed by atoms with van der Waals surface area (Å²) in [6, 6.07) is 7.11. The number of hydrogen-bond donors (Lipinski definition) is 2. The molecule has 7 heteroatoms. The van der Waals surface area contributed by atoms with Gasteiger partial charge in [-0.1, -0.05) is 23.4 Å². The number of sulfone groups is 1. The topological polar surface area (TPSA) is 92.8 Å². The Morgan fingerprint density at radius 3 is 2.71 bits per heavy atom. The van der Waals surface area contributed by atoms with Crippen molar-refractivity contribution in [3.63, 3.8) is 0 Å². The van der Waals surface area contributed by atoms with Gasteiger partial charge in [-0.15, -0.1) is 11.8 Å². The number of thioether (sulfide) groups is 1. The third-order valence-corrected chi connectivity index (χ3v) is 4.26. The van der Waals surface area contributed by atoms with E-state index in [2.05, 4.69) is 5.16 Å². The molecule has 0 aliphatic heterocycles. The van der Waals surface area contributed by atoms with Gasteiger partial charge in [0.1, 0.15) is 9.84 Å². The average Bonchev–Trinajstić information content (AvgIpc) is 2.27. The third kappa shape index (κ3) is 4.66. The predicted molar refractivity (Wildman–Crippen MR) is 69.4 cm³/mol. The summed E-state index contributed by atoms with van der Waals surface area (Å²) in [7, 11) is -2.96. The first-order valence-electron chi connectivity index (χ1n) is 4.81. The molecule has 0 fully saturated rings. The Morgan fingerprint density at radius 2 is 2.12 bits per heavy atom. The average molecular weight is 274 g/mol. The van der Waals surface area contributed by atoms with Crippen LogP contribution in [0.1, 0.15) is 5.56 Å². The molecule has 0 radical (unpaired) electrons. The maximum atomic E-state index is 11.0. The van der Waals surface area contributed by atoms with Gasteiger partial charge in [0.05, 0.1) is 5.75 Å². The van der Waals surface area contributed by atoms with Crippen LogP contribution < -0.4 is 5.73 Å². The molecule has 5 nitrogen and oxygen atoms in total. The lowest BCUT2D eigenvalue weighted by atomic mass is 10.2. The first-order valence-corrected chi connectivity index (χ1v) is 7.86. The fraction of sp³-hybridized carbons (Fsp3) is 0.300. The lowest BCUT2D eigenvalue weighted by molar-refractivity contribution is 0.318. The van der Waals surface area contributed by atoms with Gasteiger partial charge >= 0.3 is 0 Å².